The number of hydrogen-bond acceptors (Lipinski definition) is 3. The smallest absolute Gasteiger partial charge is 0.0763 e. The Labute approximate surface area is 123 Å². The second kappa shape index (κ2) is 5.55. The van der Waals surface area contributed by atoms with Gasteiger partial charge in [0.15, 0.2) is 0 Å². The fourth-order valence-corrected chi connectivity index (χ4v) is 3.05. The monoisotopic (exact) mass is 280 g/mol. The molecule has 20 heavy (non-hydrogen) atoms. The molecule has 0 amide bonds. The second-order valence-corrected chi connectivity index (χ2v) is 5.86. The lowest BCUT2D eigenvalue weighted by atomic mass is 10.1. The molecule has 1 aromatic heterocycles. The van der Waals surface area contributed by atoms with Crippen molar-refractivity contribution in [2.45, 2.75) is 17.6 Å². The van der Waals surface area contributed by atoms with Crippen LogP contribution >= 0.6 is 11.8 Å². The van der Waals surface area contributed by atoms with Gasteiger partial charge in [-0.1, -0.05) is 23.8 Å². The molecule has 3 aromatic rings. The first kappa shape index (κ1) is 13.0. The minimum absolute atomic E-state index is 0.789. The third kappa shape index (κ3) is 2.63. The zero-order chi connectivity index (χ0) is 13.9. The Bertz CT molecular complexity index is 736. The van der Waals surface area contributed by atoms with Crippen molar-refractivity contribution in [1.82, 2.24) is 4.98 Å². The maximum atomic E-state index is 6.00. The first-order chi connectivity index (χ1) is 9.74. The van der Waals surface area contributed by atoms with Crippen LogP contribution in [0.15, 0.2) is 59.6 Å². The Kier molecular flexibility index (Phi) is 3.61. The predicted octanol–water partition coefficient (Wildman–Crippen LogP) is 4.42. The zero-order valence-electron chi connectivity index (χ0n) is 11.3. The van der Waals surface area contributed by atoms with E-state index in [4.69, 9.17) is 5.73 Å². The Balaban J connectivity index is 1.88. The van der Waals surface area contributed by atoms with E-state index in [0.717, 1.165) is 22.3 Å². The zero-order valence-corrected chi connectivity index (χ0v) is 12.2. The molecule has 3 heteroatoms. The summed E-state index contributed by atoms with van der Waals surface area (Å²) in [6, 6.07) is 16.6. The molecule has 1 heterocycles. The Hall–Kier alpha value is -2.00. The number of hydrogen-bond donors (Lipinski definition) is 1. The van der Waals surface area contributed by atoms with E-state index in [1.807, 2.05) is 36.2 Å². The summed E-state index contributed by atoms with van der Waals surface area (Å²) in [7, 11) is 0. The Morgan fingerprint density at radius 1 is 1.05 bits per heavy atom. The van der Waals surface area contributed by atoms with Gasteiger partial charge >= 0.3 is 0 Å². The SMILES string of the molecule is Cc1ccc(SCc2ccc(N)c3cccnc23)cc1. The van der Waals surface area contributed by atoms with Gasteiger partial charge in [-0.2, -0.15) is 0 Å². The molecular weight excluding hydrogens is 264 g/mol. The van der Waals surface area contributed by atoms with Gasteiger partial charge in [-0.05, 0) is 42.8 Å². The molecule has 100 valence electrons. The van der Waals surface area contributed by atoms with Crippen LogP contribution in [-0.4, -0.2) is 4.98 Å². The number of thioether (sulfide) groups is 1. The van der Waals surface area contributed by atoms with Crippen molar-refractivity contribution in [3.05, 3.63) is 65.9 Å². The van der Waals surface area contributed by atoms with E-state index >= 15 is 0 Å². The average Bonchev–Trinajstić information content (AvgIpc) is 2.49. The van der Waals surface area contributed by atoms with Crippen molar-refractivity contribution < 1.29 is 0 Å². The molecule has 0 aliphatic rings. The van der Waals surface area contributed by atoms with Gasteiger partial charge in [0.05, 0.1) is 5.52 Å². The van der Waals surface area contributed by atoms with Gasteiger partial charge in [0.1, 0.15) is 0 Å². The van der Waals surface area contributed by atoms with Crippen molar-refractivity contribution >= 4 is 28.4 Å². The van der Waals surface area contributed by atoms with Crippen molar-refractivity contribution in [3.63, 3.8) is 0 Å². The summed E-state index contributed by atoms with van der Waals surface area (Å²) in [5.74, 6) is 0.900. The molecule has 0 radical (unpaired) electrons. The number of nitrogens with two attached hydrogens (primary N) is 1. The number of fused-ring (bicyclic) bond motifs is 1. The highest BCUT2D eigenvalue weighted by molar-refractivity contribution is 7.98. The van der Waals surface area contributed by atoms with Crippen LogP contribution in [0.3, 0.4) is 0 Å². The fraction of sp³-hybridized carbons (Fsp3) is 0.118. The maximum Gasteiger partial charge on any atom is 0.0763 e. The number of pyridine rings is 1. The molecule has 2 nitrogen and oxygen atoms in total. The summed E-state index contributed by atoms with van der Waals surface area (Å²) < 4.78 is 0. The molecule has 0 atom stereocenters. The number of benzene rings is 2. The van der Waals surface area contributed by atoms with Crippen LogP contribution in [-0.2, 0) is 5.75 Å². The van der Waals surface area contributed by atoms with Crippen LogP contribution in [0, 0.1) is 6.92 Å². The van der Waals surface area contributed by atoms with E-state index in [2.05, 4.69) is 42.2 Å². The highest BCUT2D eigenvalue weighted by Crippen LogP contribution is 2.28. The molecule has 2 N–H and O–H groups in total. The number of aromatic nitrogens is 1. The van der Waals surface area contributed by atoms with Crippen LogP contribution in [0.5, 0.6) is 0 Å². The molecule has 3 rings (SSSR count). The average molecular weight is 280 g/mol. The first-order valence-corrected chi connectivity index (χ1v) is 7.54. The normalized spacial score (nSPS) is 10.8. The minimum Gasteiger partial charge on any atom is -0.398 e. The van der Waals surface area contributed by atoms with Gasteiger partial charge < -0.3 is 5.73 Å². The highest BCUT2D eigenvalue weighted by Gasteiger charge is 2.05. The maximum absolute atomic E-state index is 6.00. The van der Waals surface area contributed by atoms with Crippen molar-refractivity contribution in [2.75, 3.05) is 5.73 Å². The van der Waals surface area contributed by atoms with Crippen LogP contribution in [0.1, 0.15) is 11.1 Å². The topological polar surface area (TPSA) is 38.9 Å². The molecule has 0 aliphatic heterocycles. The molecule has 0 saturated heterocycles. The molecule has 0 unspecified atom stereocenters. The lowest BCUT2D eigenvalue weighted by Crippen LogP contribution is -1.92. The Morgan fingerprint density at radius 2 is 1.85 bits per heavy atom. The summed E-state index contributed by atoms with van der Waals surface area (Å²) >= 11 is 1.82. The quantitative estimate of drug-likeness (QED) is 0.570. The molecule has 0 spiro atoms. The van der Waals surface area contributed by atoms with Crippen LogP contribution in [0.4, 0.5) is 5.69 Å². The standard InChI is InChI=1S/C17H16N2S/c1-12-4-7-14(8-5-12)20-11-13-6-9-16(18)15-3-2-10-19-17(13)15/h2-10H,11,18H2,1H3. The van der Waals surface area contributed by atoms with E-state index in [-0.39, 0.29) is 0 Å². The number of anilines is 1. The largest absolute Gasteiger partial charge is 0.398 e. The second-order valence-electron chi connectivity index (χ2n) is 4.82. The summed E-state index contributed by atoms with van der Waals surface area (Å²) in [4.78, 5) is 5.75. The molecule has 0 bridgehead atoms. The number of nitrogens with zero attached hydrogens (tertiary/aromatic N) is 1. The van der Waals surface area contributed by atoms with Gasteiger partial charge in [-0.15, -0.1) is 11.8 Å². The van der Waals surface area contributed by atoms with Crippen LogP contribution in [0.25, 0.3) is 10.9 Å². The molecular formula is C17H16N2S. The molecule has 0 fully saturated rings. The minimum atomic E-state index is 0.789. The molecule has 0 aliphatic carbocycles. The van der Waals surface area contributed by atoms with Crippen molar-refractivity contribution in [1.29, 1.82) is 0 Å². The van der Waals surface area contributed by atoms with Crippen LogP contribution < -0.4 is 5.73 Å². The van der Waals surface area contributed by atoms with Gasteiger partial charge in [0.2, 0.25) is 0 Å². The summed E-state index contributed by atoms with van der Waals surface area (Å²) in [6.07, 6.45) is 1.82. The number of nitrogen functional groups attached to an aromatic ring is 1. The van der Waals surface area contributed by atoms with E-state index in [0.29, 0.717) is 0 Å². The van der Waals surface area contributed by atoms with Gasteiger partial charge in [-0.3, -0.25) is 4.98 Å². The van der Waals surface area contributed by atoms with Crippen molar-refractivity contribution in [3.8, 4) is 0 Å². The van der Waals surface area contributed by atoms with E-state index < -0.39 is 0 Å². The van der Waals surface area contributed by atoms with Gasteiger partial charge in [-0.25, -0.2) is 0 Å². The predicted molar refractivity (Wildman–Crippen MR) is 86.9 cm³/mol. The lowest BCUT2D eigenvalue weighted by Gasteiger charge is -2.08. The fourth-order valence-electron chi connectivity index (χ4n) is 2.17. The third-order valence-electron chi connectivity index (χ3n) is 3.30. The molecule has 2 aromatic carbocycles. The third-order valence-corrected chi connectivity index (χ3v) is 4.36. The lowest BCUT2D eigenvalue weighted by molar-refractivity contribution is 1.33. The van der Waals surface area contributed by atoms with Gasteiger partial charge in [0, 0.05) is 27.9 Å². The number of aryl methyl sites for hydroxylation is 1. The van der Waals surface area contributed by atoms with Gasteiger partial charge in [0.25, 0.3) is 0 Å². The Morgan fingerprint density at radius 3 is 2.65 bits per heavy atom. The summed E-state index contributed by atoms with van der Waals surface area (Å²) in [6.45, 7) is 2.10. The van der Waals surface area contributed by atoms with Crippen molar-refractivity contribution in [2.24, 2.45) is 0 Å². The number of rotatable bonds is 3. The van der Waals surface area contributed by atoms with E-state index in [9.17, 15) is 0 Å². The highest BCUT2D eigenvalue weighted by atomic mass is 32.2. The van der Waals surface area contributed by atoms with E-state index in [1.165, 1.54) is 16.0 Å². The van der Waals surface area contributed by atoms with E-state index in [1.54, 1.807) is 0 Å². The summed E-state index contributed by atoms with van der Waals surface area (Å²) in [5, 5.41) is 1.04. The molecule has 0 saturated carbocycles. The van der Waals surface area contributed by atoms with Crippen LogP contribution in [0.2, 0.25) is 0 Å². The first-order valence-electron chi connectivity index (χ1n) is 6.55. The summed E-state index contributed by atoms with van der Waals surface area (Å²) in [5.41, 5.74) is 10.3.